The zero-order valence-electron chi connectivity index (χ0n) is 11.0. The van der Waals surface area contributed by atoms with Crippen LogP contribution in [0.25, 0.3) is 0 Å². The van der Waals surface area contributed by atoms with Crippen LogP contribution < -0.4 is 10.1 Å². The molecular weight excluding hydrogens is 226 g/mol. The molecule has 0 saturated carbocycles. The third-order valence-electron chi connectivity index (χ3n) is 3.46. The normalized spacial score (nSPS) is 20.7. The Morgan fingerprint density at radius 2 is 2.22 bits per heavy atom. The number of benzene rings is 1. The van der Waals surface area contributed by atoms with Gasteiger partial charge in [0.15, 0.2) is 11.5 Å². The first kappa shape index (κ1) is 13.0. The molecule has 0 fully saturated rings. The van der Waals surface area contributed by atoms with Gasteiger partial charge < -0.3 is 15.2 Å². The van der Waals surface area contributed by atoms with Crippen molar-refractivity contribution in [2.75, 3.05) is 7.11 Å². The molecule has 18 heavy (non-hydrogen) atoms. The first-order valence-corrected chi connectivity index (χ1v) is 6.48. The highest BCUT2D eigenvalue weighted by molar-refractivity contribution is 5.42. The van der Waals surface area contributed by atoms with Crippen LogP contribution in [0.4, 0.5) is 0 Å². The van der Waals surface area contributed by atoms with Crippen molar-refractivity contribution in [3.8, 4) is 11.5 Å². The summed E-state index contributed by atoms with van der Waals surface area (Å²) in [5, 5.41) is 13.2. The van der Waals surface area contributed by atoms with Gasteiger partial charge in [-0.3, -0.25) is 0 Å². The predicted molar refractivity (Wildman–Crippen MR) is 73.0 cm³/mol. The van der Waals surface area contributed by atoms with Crippen molar-refractivity contribution in [1.82, 2.24) is 5.32 Å². The smallest absolute Gasteiger partial charge is 0.160 e. The van der Waals surface area contributed by atoms with Crippen molar-refractivity contribution in [1.29, 1.82) is 0 Å². The Kier molecular flexibility index (Phi) is 4.26. The third kappa shape index (κ3) is 3.05. The summed E-state index contributed by atoms with van der Waals surface area (Å²) >= 11 is 0. The van der Waals surface area contributed by atoms with Crippen LogP contribution >= 0.6 is 0 Å². The number of phenolic OH excluding ortho intramolecular Hbond substituents is 1. The van der Waals surface area contributed by atoms with Gasteiger partial charge in [0, 0.05) is 12.1 Å². The molecule has 1 aliphatic rings. The Morgan fingerprint density at radius 1 is 1.39 bits per heavy atom. The minimum absolute atomic E-state index is 0.189. The van der Waals surface area contributed by atoms with E-state index in [2.05, 4.69) is 24.4 Å². The monoisotopic (exact) mass is 247 g/mol. The van der Waals surface area contributed by atoms with Gasteiger partial charge in [-0.1, -0.05) is 18.2 Å². The Balaban J connectivity index is 2.03. The number of methoxy groups -OCH3 is 1. The van der Waals surface area contributed by atoms with Crippen LogP contribution in [0.5, 0.6) is 11.5 Å². The number of allylic oxidation sites excluding steroid dienone is 1. The fourth-order valence-electron chi connectivity index (χ4n) is 2.36. The minimum atomic E-state index is 0.189. The molecule has 3 heteroatoms. The third-order valence-corrected chi connectivity index (χ3v) is 3.46. The summed E-state index contributed by atoms with van der Waals surface area (Å²) in [6.07, 6.45) is 7.93. The first-order valence-electron chi connectivity index (χ1n) is 6.48. The van der Waals surface area contributed by atoms with Crippen molar-refractivity contribution in [3.63, 3.8) is 0 Å². The minimum Gasteiger partial charge on any atom is -0.504 e. The summed E-state index contributed by atoms with van der Waals surface area (Å²) in [5.74, 6) is 0.721. The van der Waals surface area contributed by atoms with Crippen LogP contribution in [0.2, 0.25) is 0 Å². The molecule has 0 amide bonds. The lowest BCUT2D eigenvalue weighted by molar-refractivity contribution is 0.371. The lowest BCUT2D eigenvalue weighted by atomic mass is 9.99. The summed E-state index contributed by atoms with van der Waals surface area (Å²) in [6.45, 7) is 2.14. The summed E-state index contributed by atoms with van der Waals surface area (Å²) < 4.78 is 5.14. The number of hydrogen-bond acceptors (Lipinski definition) is 3. The lowest BCUT2D eigenvalue weighted by Crippen LogP contribution is -2.32. The average Bonchev–Trinajstić information content (AvgIpc) is 2.40. The Hall–Kier alpha value is -1.48. The molecule has 1 aromatic rings. The maximum atomic E-state index is 9.58. The van der Waals surface area contributed by atoms with Gasteiger partial charge in [0.2, 0.25) is 0 Å². The van der Waals surface area contributed by atoms with Crippen molar-refractivity contribution >= 4 is 0 Å². The zero-order valence-corrected chi connectivity index (χ0v) is 11.0. The molecule has 0 radical (unpaired) electrons. The fraction of sp³-hybridized carbons (Fsp3) is 0.467. The number of rotatable bonds is 4. The molecule has 3 nitrogen and oxygen atoms in total. The topological polar surface area (TPSA) is 41.5 Å². The largest absolute Gasteiger partial charge is 0.504 e. The summed E-state index contributed by atoms with van der Waals surface area (Å²) in [4.78, 5) is 0. The fourth-order valence-corrected chi connectivity index (χ4v) is 2.36. The summed E-state index contributed by atoms with van der Waals surface area (Å²) in [5.41, 5.74) is 1.14. The van der Waals surface area contributed by atoms with E-state index in [0.717, 1.165) is 18.4 Å². The van der Waals surface area contributed by atoms with E-state index in [1.807, 2.05) is 12.1 Å². The van der Waals surface area contributed by atoms with Crippen LogP contribution in [-0.2, 0) is 0 Å². The highest BCUT2D eigenvalue weighted by Crippen LogP contribution is 2.29. The summed E-state index contributed by atoms with van der Waals surface area (Å²) in [6, 6.07) is 6.33. The second-order valence-corrected chi connectivity index (χ2v) is 4.80. The van der Waals surface area contributed by atoms with E-state index in [1.165, 1.54) is 6.42 Å². The standard InChI is InChI=1S/C15H21NO2/c1-11(16-13-6-4-3-5-7-13)12-8-9-14(17)15(10-12)18-2/h3-4,8-11,13,16-17H,5-7H2,1-2H3. The molecule has 2 N–H and O–H groups in total. The van der Waals surface area contributed by atoms with Crippen molar-refractivity contribution in [2.24, 2.45) is 0 Å². The van der Waals surface area contributed by atoms with Gasteiger partial charge >= 0.3 is 0 Å². The van der Waals surface area contributed by atoms with Crippen LogP contribution in [0, 0.1) is 0 Å². The summed E-state index contributed by atoms with van der Waals surface area (Å²) in [7, 11) is 1.57. The highest BCUT2D eigenvalue weighted by Gasteiger charge is 2.15. The molecule has 2 rings (SSSR count). The van der Waals surface area contributed by atoms with Gasteiger partial charge in [0.05, 0.1) is 7.11 Å². The van der Waals surface area contributed by atoms with Crippen molar-refractivity contribution in [2.45, 2.75) is 38.3 Å². The van der Waals surface area contributed by atoms with E-state index in [-0.39, 0.29) is 11.8 Å². The van der Waals surface area contributed by atoms with Gasteiger partial charge in [-0.15, -0.1) is 0 Å². The molecular formula is C15H21NO2. The molecule has 0 saturated heterocycles. The van der Waals surface area contributed by atoms with Crippen molar-refractivity contribution in [3.05, 3.63) is 35.9 Å². The maximum Gasteiger partial charge on any atom is 0.160 e. The number of ether oxygens (including phenoxy) is 1. The predicted octanol–water partition coefficient (Wildman–Crippen LogP) is 3.16. The Morgan fingerprint density at radius 3 is 2.89 bits per heavy atom. The van der Waals surface area contributed by atoms with E-state index >= 15 is 0 Å². The van der Waals surface area contributed by atoms with Crippen LogP contribution in [-0.4, -0.2) is 18.3 Å². The SMILES string of the molecule is COc1cc(C(C)NC2CC=CCC2)ccc1O. The van der Waals surface area contributed by atoms with E-state index in [1.54, 1.807) is 13.2 Å². The van der Waals surface area contributed by atoms with Gasteiger partial charge in [-0.05, 0) is 43.9 Å². The number of aromatic hydroxyl groups is 1. The van der Waals surface area contributed by atoms with Gasteiger partial charge in [0.25, 0.3) is 0 Å². The van der Waals surface area contributed by atoms with E-state index in [9.17, 15) is 5.11 Å². The quantitative estimate of drug-likeness (QED) is 0.803. The molecule has 1 aliphatic carbocycles. The maximum absolute atomic E-state index is 9.58. The molecule has 2 unspecified atom stereocenters. The van der Waals surface area contributed by atoms with Gasteiger partial charge in [0.1, 0.15) is 0 Å². The molecule has 0 heterocycles. The highest BCUT2D eigenvalue weighted by atomic mass is 16.5. The number of phenols is 1. The van der Waals surface area contributed by atoms with Gasteiger partial charge in [-0.2, -0.15) is 0 Å². The number of nitrogens with one attached hydrogen (secondary N) is 1. The van der Waals surface area contributed by atoms with Crippen LogP contribution in [0.3, 0.4) is 0 Å². The van der Waals surface area contributed by atoms with Gasteiger partial charge in [-0.25, -0.2) is 0 Å². The second kappa shape index (κ2) is 5.91. The Labute approximate surface area is 108 Å². The molecule has 0 bridgehead atoms. The van der Waals surface area contributed by atoms with E-state index in [0.29, 0.717) is 11.8 Å². The first-order chi connectivity index (χ1) is 8.70. The molecule has 2 atom stereocenters. The zero-order chi connectivity index (χ0) is 13.0. The second-order valence-electron chi connectivity index (χ2n) is 4.80. The molecule has 98 valence electrons. The number of hydrogen-bond donors (Lipinski definition) is 2. The van der Waals surface area contributed by atoms with Crippen molar-refractivity contribution < 1.29 is 9.84 Å². The average molecular weight is 247 g/mol. The molecule has 1 aromatic carbocycles. The van der Waals surface area contributed by atoms with E-state index in [4.69, 9.17) is 4.74 Å². The van der Waals surface area contributed by atoms with Crippen LogP contribution in [0.1, 0.15) is 37.8 Å². The molecule has 0 aromatic heterocycles. The van der Waals surface area contributed by atoms with E-state index < -0.39 is 0 Å². The lowest BCUT2D eigenvalue weighted by Gasteiger charge is -2.24. The Bertz CT molecular complexity index is 429. The molecule has 0 aliphatic heterocycles. The van der Waals surface area contributed by atoms with Crippen LogP contribution in [0.15, 0.2) is 30.4 Å². The molecule has 0 spiro atoms.